The van der Waals surface area contributed by atoms with Gasteiger partial charge in [0.25, 0.3) is 0 Å². The van der Waals surface area contributed by atoms with Gasteiger partial charge in [-0.3, -0.25) is 9.59 Å². The first-order valence-corrected chi connectivity index (χ1v) is 6.15. The van der Waals surface area contributed by atoms with Gasteiger partial charge in [-0.15, -0.1) is 0 Å². The first kappa shape index (κ1) is 11.8. The van der Waals surface area contributed by atoms with Crippen LogP contribution in [0.5, 0.6) is 11.5 Å². The lowest BCUT2D eigenvalue weighted by Gasteiger charge is -2.19. The molecule has 2 aliphatic rings. The number of fused-ring (bicyclic) bond motifs is 1. The van der Waals surface area contributed by atoms with Crippen LogP contribution >= 0.6 is 0 Å². The van der Waals surface area contributed by atoms with Crippen molar-refractivity contribution in [2.45, 2.75) is 13.0 Å². The van der Waals surface area contributed by atoms with Crippen LogP contribution in [0.1, 0.15) is 12.0 Å². The number of carbonyl (C=O) groups excluding carboxylic acids is 2. The van der Waals surface area contributed by atoms with E-state index in [9.17, 15) is 9.59 Å². The van der Waals surface area contributed by atoms with Crippen molar-refractivity contribution < 1.29 is 19.1 Å². The van der Waals surface area contributed by atoms with E-state index in [1.54, 1.807) is 4.90 Å². The molecular weight excluding hydrogens is 248 g/mol. The van der Waals surface area contributed by atoms with Crippen LogP contribution < -0.4 is 14.8 Å². The van der Waals surface area contributed by atoms with Crippen LogP contribution in [-0.2, 0) is 16.1 Å². The first-order chi connectivity index (χ1) is 9.22. The van der Waals surface area contributed by atoms with E-state index in [1.807, 2.05) is 18.2 Å². The molecule has 0 radical (unpaired) electrons. The Kier molecular flexibility index (Phi) is 2.98. The second-order valence-corrected chi connectivity index (χ2v) is 4.53. The summed E-state index contributed by atoms with van der Waals surface area (Å²) in [6, 6.07) is 5.61. The summed E-state index contributed by atoms with van der Waals surface area (Å²) in [7, 11) is 0. The molecule has 0 aromatic heterocycles. The Labute approximate surface area is 110 Å². The van der Waals surface area contributed by atoms with Gasteiger partial charge in [-0.05, 0) is 17.7 Å². The van der Waals surface area contributed by atoms with Crippen molar-refractivity contribution >= 4 is 11.8 Å². The molecule has 0 unspecified atom stereocenters. The van der Waals surface area contributed by atoms with Crippen molar-refractivity contribution in [1.82, 2.24) is 10.2 Å². The number of nitrogens with zero attached hydrogens (tertiary/aromatic N) is 1. The Bertz CT molecular complexity index is 529. The van der Waals surface area contributed by atoms with Gasteiger partial charge in [0.05, 0.1) is 6.54 Å². The smallest absolute Gasteiger partial charge is 0.242 e. The zero-order valence-electron chi connectivity index (χ0n) is 10.3. The molecule has 1 aromatic rings. The van der Waals surface area contributed by atoms with Gasteiger partial charge in [0, 0.05) is 19.5 Å². The van der Waals surface area contributed by atoms with E-state index in [0.717, 1.165) is 11.3 Å². The summed E-state index contributed by atoms with van der Waals surface area (Å²) in [5.74, 6) is 1.28. The maximum Gasteiger partial charge on any atom is 0.242 e. The molecule has 2 amide bonds. The third-order valence-corrected chi connectivity index (χ3v) is 3.21. The number of benzene rings is 1. The summed E-state index contributed by atoms with van der Waals surface area (Å²) in [6.45, 7) is 1.23. The van der Waals surface area contributed by atoms with Crippen LogP contribution in [0.2, 0.25) is 0 Å². The molecule has 1 N–H and O–H groups in total. The summed E-state index contributed by atoms with van der Waals surface area (Å²) >= 11 is 0. The molecule has 0 bridgehead atoms. The van der Waals surface area contributed by atoms with Gasteiger partial charge in [0.1, 0.15) is 0 Å². The van der Waals surface area contributed by atoms with Crippen LogP contribution in [0.4, 0.5) is 0 Å². The molecular formula is C13H14N2O4. The minimum atomic E-state index is -0.0819. The van der Waals surface area contributed by atoms with Gasteiger partial charge in [-0.1, -0.05) is 6.07 Å². The summed E-state index contributed by atoms with van der Waals surface area (Å²) < 4.78 is 10.5. The van der Waals surface area contributed by atoms with Gasteiger partial charge in [0.15, 0.2) is 11.5 Å². The molecule has 0 aliphatic carbocycles. The maximum atomic E-state index is 11.9. The molecule has 1 fully saturated rings. The number of nitrogens with one attached hydrogen (secondary N) is 1. The van der Waals surface area contributed by atoms with Gasteiger partial charge in [0.2, 0.25) is 18.6 Å². The fourth-order valence-electron chi connectivity index (χ4n) is 2.16. The number of hydrogen-bond donors (Lipinski definition) is 1. The lowest BCUT2D eigenvalue weighted by molar-refractivity contribution is -0.130. The van der Waals surface area contributed by atoms with Crippen LogP contribution in [0.15, 0.2) is 18.2 Å². The van der Waals surface area contributed by atoms with Crippen LogP contribution in [0.3, 0.4) is 0 Å². The fraction of sp³-hybridized carbons (Fsp3) is 0.385. The lowest BCUT2D eigenvalue weighted by atomic mass is 10.2. The zero-order valence-corrected chi connectivity index (χ0v) is 10.3. The van der Waals surface area contributed by atoms with E-state index >= 15 is 0 Å². The monoisotopic (exact) mass is 262 g/mol. The Balaban J connectivity index is 1.73. The van der Waals surface area contributed by atoms with E-state index in [0.29, 0.717) is 25.3 Å². The second kappa shape index (κ2) is 4.79. The van der Waals surface area contributed by atoms with Crippen molar-refractivity contribution in [2.75, 3.05) is 19.9 Å². The summed E-state index contributed by atoms with van der Waals surface area (Å²) in [5.41, 5.74) is 0.965. The highest BCUT2D eigenvalue weighted by atomic mass is 16.7. The predicted molar refractivity (Wildman–Crippen MR) is 65.6 cm³/mol. The third-order valence-electron chi connectivity index (χ3n) is 3.21. The maximum absolute atomic E-state index is 11.9. The Morgan fingerprint density at radius 3 is 2.95 bits per heavy atom. The summed E-state index contributed by atoms with van der Waals surface area (Å²) in [6.07, 6.45) is 0.344. The number of carbonyl (C=O) groups is 2. The van der Waals surface area contributed by atoms with Crippen LogP contribution in [0, 0.1) is 0 Å². The van der Waals surface area contributed by atoms with Crippen LogP contribution in [-0.4, -0.2) is 36.6 Å². The minimum absolute atomic E-state index is 0.0662. The van der Waals surface area contributed by atoms with E-state index in [-0.39, 0.29) is 25.2 Å². The molecule has 1 saturated heterocycles. The average molecular weight is 262 g/mol. The van der Waals surface area contributed by atoms with E-state index in [2.05, 4.69) is 5.32 Å². The van der Waals surface area contributed by atoms with Gasteiger partial charge in [-0.2, -0.15) is 0 Å². The molecule has 2 aliphatic heterocycles. The van der Waals surface area contributed by atoms with Crippen LogP contribution in [0.25, 0.3) is 0 Å². The topological polar surface area (TPSA) is 67.9 Å². The molecule has 6 nitrogen and oxygen atoms in total. The number of ether oxygens (including phenoxy) is 2. The Hall–Kier alpha value is -2.24. The number of amides is 2. The molecule has 19 heavy (non-hydrogen) atoms. The van der Waals surface area contributed by atoms with E-state index in [4.69, 9.17) is 9.47 Å². The normalized spacial score (nSPS) is 18.2. The van der Waals surface area contributed by atoms with E-state index in [1.165, 1.54) is 0 Å². The third kappa shape index (κ3) is 2.47. The van der Waals surface area contributed by atoms with Crippen molar-refractivity contribution in [1.29, 1.82) is 0 Å². The number of hydrogen-bond acceptors (Lipinski definition) is 4. The SMILES string of the molecule is O=C1CCN(Cc2ccc3c(c2)OCO3)C(=O)CN1. The van der Waals surface area contributed by atoms with E-state index < -0.39 is 0 Å². The van der Waals surface area contributed by atoms with Gasteiger partial charge >= 0.3 is 0 Å². The molecule has 100 valence electrons. The summed E-state index contributed by atoms with van der Waals surface area (Å²) in [4.78, 5) is 24.8. The molecule has 1 aromatic carbocycles. The van der Waals surface area contributed by atoms with Crippen molar-refractivity contribution in [3.63, 3.8) is 0 Å². The minimum Gasteiger partial charge on any atom is -0.454 e. The molecule has 2 heterocycles. The number of rotatable bonds is 2. The molecule has 3 rings (SSSR count). The second-order valence-electron chi connectivity index (χ2n) is 4.53. The molecule has 0 spiro atoms. The van der Waals surface area contributed by atoms with Crippen molar-refractivity contribution in [3.8, 4) is 11.5 Å². The summed E-state index contributed by atoms with van der Waals surface area (Å²) in [5, 5.41) is 2.58. The Morgan fingerprint density at radius 1 is 1.21 bits per heavy atom. The highest BCUT2D eigenvalue weighted by Gasteiger charge is 2.21. The molecule has 0 atom stereocenters. The highest BCUT2D eigenvalue weighted by Crippen LogP contribution is 2.32. The predicted octanol–water partition coefficient (Wildman–Crippen LogP) is 0.264. The first-order valence-electron chi connectivity index (χ1n) is 6.15. The molecule has 0 saturated carbocycles. The quantitative estimate of drug-likeness (QED) is 0.830. The largest absolute Gasteiger partial charge is 0.454 e. The fourth-order valence-corrected chi connectivity index (χ4v) is 2.16. The lowest BCUT2D eigenvalue weighted by Crippen LogP contribution is -2.34. The van der Waals surface area contributed by atoms with Gasteiger partial charge in [-0.25, -0.2) is 0 Å². The highest BCUT2D eigenvalue weighted by molar-refractivity contribution is 5.87. The standard InChI is InChI=1S/C13H14N2O4/c16-12-3-4-15(13(17)6-14-12)7-9-1-2-10-11(5-9)19-8-18-10/h1-2,5H,3-4,6-8H2,(H,14,16). The van der Waals surface area contributed by atoms with Gasteiger partial charge < -0.3 is 19.7 Å². The van der Waals surface area contributed by atoms with Crippen molar-refractivity contribution in [3.05, 3.63) is 23.8 Å². The zero-order chi connectivity index (χ0) is 13.2. The average Bonchev–Trinajstić information content (AvgIpc) is 2.81. The molecule has 6 heteroatoms. The Morgan fingerprint density at radius 2 is 2.05 bits per heavy atom. The van der Waals surface area contributed by atoms with Crippen molar-refractivity contribution in [2.24, 2.45) is 0 Å².